The van der Waals surface area contributed by atoms with Crippen molar-refractivity contribution in [2.24, 2.45) is 0 Å². The lowest BCUT2D eigenvalue weighted by Gasteiger charge is -2.13. The van der Waals surface area contributed by atoms with E-state index in [4.69, 9.17) is 18.6 Å². The molecule has 0 spiro atoms. The molecule has 0 aliphatic rings. The molecule has 136 valence electrons. The summed E-state index contributed by atoms with van der Waals surface area (Å²) in [7, 11) is 1.52. The van der Waals surface area contributed by atoms with Crippen LogP contribution < -0.4 is 9.47 Å². The fourth-order valence-corrected chi connectivity index (χ4v) is 3.56. The second-order valence-corrected chi connectivity index (χ2v) is 6.83. The van der Waals surface area contributed by atoms with Gasteiger partial charge < -0.3 is 18.6 Å². The molecule has 8 heteroatoms. The molecule has 0 bridgehead atoms. The second kappa shape index (κ2) is 8.37. The number of halogens is 1. The lowest BCUT2D eigenvalue weighted by atomic mass is 10.2. The minimum atomic E-state index is -0.473. The number of benzene rings is 1. The van der Waals surface area contributed by atoms with E-state index < -0.39 is 5.97 Å². The Hall–Kier alpha value is -2.32. The van der Waals surface area contributed by atoms with Gasteiger partial charge in [-0.3, -0.25) is 0 Å². The van der Waals surface area contributed by atoms with Gasteiger partial charge in [-0.2, -0.15) is 0 Å². The van der Waals surface area contributed by atoms with Gasteiger partial charge in [-0.15, -0.1) is 11.3 Å². The smallest absolute Gasteiger partial charge is 0.338 e. The van der Waals surface area contributed by atoms with Gasteiger partial charge in [0, 0.05) is 5.38 Å². The van der Waals surface area contributed by atoms with Crippen molar-refractivity contribution in [2.75, 3.05) is 13.7 Å². The number of furan rings is 1. The summed E-state index contributed by atoms with van der Waals surface area (Å²) in [6, 6.07) is 6.87. The van der Waals surface area contributed by atoms with Gasteiger partial charge in [-0.25, -0.2) is 9.78 Å². The Labute approximate surface area is 162 Å². The van der Waals surface area contributed by atoms with Crippen LogP contribution >= 0.6 is 27.3 Å². The number of thiazole rings is 1. The maximum absolute atomic E-state index is 12.4. The first kappa shape index (κ1) is 18.5. The highest BCUT2D eigenvalue weighted by atomic mass is 79.9. The number of carbonyl (C=O) groups is 1. The van der Waals surface area contributed by atoms with E-state index in [0.29, 0.717) is 39.6 Å². The van der Waals surface area contributed by atoms with E-state index >= 15 is 0 Å². The first-order valence-corrected chi connectivity index (χ1v) is 9.45. The van der Waals surface area contributed by atoms with Crippen molar-refractivity contribution >= 4 is 33.2 Å². The third-order valence-corrected chi connectivity index (χ3v) is 4.88. The molecule has 0 unspecified atom stereocenters. The van der Waals surface area contributed by atoms with Crippen molar-refractivity contribution in [1.82, 2.24) is 4.98 Å². The highest BCUT2D eigenvalue weighted by Gasteiger charge is 2.17. The fourth-order valence-electron chi connectivity index (χ4n) is 2.23. The predicted molar refractivity (Wildman–Crippen MR) is 101 cm³/mol. The molecule has 3 rings (SSSR count). The Bertz CT molecular complexity index is 891. The zero-order valence-corrected chi connectivity index (χ0v) is 16.6. The van der Waals surface area contributed by atoms with E-state index in [-0.39, 0.29) is 6.61 Å². The maximum Gasteiger partial charge on any atom is 0.338 e. The van der Waals surface area contributed by atoms with E-state index in [1.807, 2.05) is 18.4 Å². The summed E-state index contributed by atoms with van der Waals surface area (Å²) in [5, 5.41) is 2.58. The number of hydrogen-bond donors (Lipinski definition) is 0. The average molecular weight is 438 g/mol. The molecule has 0 atom stereocenters. The lowest BCUT2D eigenvalue weighted by Crippen LogP contribution is -2.07. The third kappa shape index (κ3) is 4.08. The summed E-state index contributed by atoms with van der Waals surface area (Å²) >= 11 is 4.83. The third-order valence-electron chi connectivity index (χ3n) is 3.39. The van der Waals surface area contributed by atoms with E-state index in [9.17, 15) is 4.79 Å². The van der Waals surface area contributed by atoms with Crippen LogP contribution in [-0.4, -0.2) is 24.7 Å². The van der Waals surface area contributed by atoms with E-state index in [1.165, 1.54) is 18.4 Å². The van der Waals surface area contributed by atoms with Gasteiger partial charge >= 0.3 is 5.97 Å². The van der Waals surface area contributed by atoms with Crippen molar-refractivity contribution in [3.05, 3.63) is 51.6 Å². The number of aromatic nitrogens is 1. The van der Waals surface area contributed by atoms with Crippen LogP contribution in [0, 0.1) is 0 Å². The molecule has 0 amide bonds. The summed E-state index contributed by atoms with van der Waals surface area (Å²) in [6.45, 7) is 2.43. The van der Waals surface area contributed by atoms with E-state index in [0.717, 1.165) is 5.01 Å². The van der Waals surface area contributed by atoms with Gasteiger partial charge in [-0.1, -0.05) is 0 Å². The topological polar surface area (TPSA) is 70.8 Å². The fraction of sp³-hybridized carbons (Fsp3) is 0.222. The number of nitrogens with zero attached hydrogens (tertiary/aromatic N) is 1. The Morgan fingerprint density at radius 1 is 1.38 bits per heavy atom. The van der Waals surface area contributed by atoms with Crippen LogP contribution in [0.1, 0.15) is 23.0 Å². The molecule has 26 heavy (non-hydrogen) atoms. The van der Waals surface area contributed by atoms with Crippen molar-refractivity contribution in [2.45, 2.75) is 13.5 Å². The first-order chi connectivity index (χ1) is 12.6. The van der Waals surface area contributed by atoms with Gasteiger partial charge in [0.05, 0.1) is 35.7 Å². The Kier molecular flexibility index (Phi) is 5.95. The molecule has 0 aliphatic heterocycles. The van der Waals surface area contributed by atoms with Crippen LogP contribution in [0.4, 0.5) is 0 Å². The molecule has 1 aromatic carbocycles. The number of esters is 1. The van der Waals surface area contributed by atoms with Crippen LogP contribution in [0.5, 0.6) is 11.5 Å². The van der Waals surface area contributed by atoms with Gasteiger partial charge in [-0.05, 0) is 47.1 Å². The second-order valence-electron chi connectivity index (χ2n) is 5.12. The number of hydrogen-bond acceptors (Lipinski definition) is 7. The normalized spacial score (nSPS) is 10.6. The maximum atomic E-state index is 12.4. The number of ether oxygens (including phenoxy) is 3. The molecule has 0 N–H and O–H groups in total. The van der Waals surface area contributed by atoms with Gasteiger partial charge in [0.15, 0.2) is 22.3 Å². The van der Waals surface area contributed by atoms with Crippen molar-refractivity contribution < 1.29 is 23.4 Å². The van der Waals surface area contributed by atoms with Gasteiger partial charge in [0.25, 0.3) is 0 Å². The van der Waals surface area contributed by atoms with Crippen LogP contribution in [0.3, 0.4) is 0 Å². The SMILES string of the molecule is CCOc1c(Br)cc(C(=O)OCc2csc(-c3ccco3)n2)cc1OC. The highest BCUT2D eigenvalue weighted by molar-refractivity contribution is 9.10. The molecule has 0 fully saturated rings. The molecule has 0 saturated carbocycles. The summed E-state index contributed by atoms with van der Waals surface area (Å²) in [4.78, 5) is 16.8. The van der Waals surface area contributed by atoms with Gasteiger partial charge in [0.2, 0.25) is 0 Å². The Balaban J connectivity index is 1.69. The molecular weight excluding hydrogens is 422 g/mol. The average Bonchev–Trinajstić information content (AvgIpc) is 3.32. The quantitative estimate of drug-likeness (QED) is 0.488. The van der Waals surface area contributed by atoms with E-state index in [2.05, 4.69) is 20.9 Å². The molecule has 6 nitrogen and oxygen atoms in total. The molecule has 3 aromatic rings. The van der Waals surface area contributed by atoms with Crippen LogP contribution in [0.25, 0.3) is 10.8 Å². The zero-order valence-electron chi connectivity index (χ0n) is 14.2. The van der Waals surface area contributed by atoms with Crippen molar-refractivity contribution in [3.63, 3.8) is 0 Å². The molecular formula is C18H16BrNO5S. The van der Waals surface area contributed by atoms with Crippen LogP contribution in [0.2, 0.25) is 0 Å². The largest absolute Gasteiger partial charge is 0.493 e. The first-order valence-electron chi connectivity index (χ1n) is 7.78. The summed E-state index contributed by atoms with van der Waals surface area (Å²) in [5.41, 5.74) is 1.02. The summed E-state index contributed by atoms with van der Waals surface area (Å²) in [5.74, 6) is 1.23. The van der Waals surface area contributed by atoms with Crippen LogP contribution in [-0.2, 0) is 11.3 Å². The van der Waals surface area contributed by atoms with Crippen molar-refractivity contribution in [1.29, 1.82) is 0 Å². The molecule has 0 radical (unpaired) electrons. The minimum absolute atomic E-state index is 0.0726. The number of rotatable bonds is 7. The molecule has 2 heterocycles. The van der Waals surface area contributed by atoms with Crippen molar-refractivity contribution in [3.8, 4) is 22.3 Å². The zero-order chi connectivity index (χ0) is 18.5. The molecule has 2 aromatic heterocycles. The van der Waals surface area contributed by atoms with Crippen LogP contribution in [0.15, 0.2) is 44.8 Å². The van der Waals surface area contributed by atoms with Gasteiger partial charge in [0.1, 0.15) is 6.61 Å². The number of methoxy groups -OCH3 is 1. The Morgan fingerprint density at radius 3 is 2.92 bits per heavy atom. The Morgan fingerprint density at radius 2 is 2.23 bits per heavy atom. The molecule has 0 aliphatic carbocycles. The summed E-state index contributed by atoms with van der Waals surface area (Å²) < 4.78 is 22.1. The molecule has 0 saturated heterocycles. The lowest BCUT2D eigenvalue weighted by molar-refractivity contribution is 0.0468. The van der Waals surface area contributed by atoms with E-state index in [1.54, 1.807) is 24.5 Å². The monoisotopic (exact) mass is 437 g/mol. The highest BCUT2D eigenvalue weighted by Crippen LogP contribution is 2.37. The predicted octanol–water partition coefficient (Wildman–Crippen LogP) is 4.93. The number of carbonyl (C=O) groups excluding carboxylic acids is 1. The standard InChI is InChI=1S/C18H16BrNO5S/c1-3-23-16-13(19)7-11(8-15(16)22-2)18(21)25-9-12-10-26-17(20-12)14-5-4-6-24-14/h4-8,10H,3,9H2,1-2H3. The summed E-state index contributed by atoms with van der Waals surface area (Å²) in [6.07, 6.45) is 1.59. The minimum Gasteiger partial charge on any atom is -0.493 e.